The Morgan fingerprint density at radius 1 is 1.36 bits per heavy atom. The first-order valence-electron chi connectivity index (χ1n) is 10.8. The fraction of sp³-hybridized carbons (Fsp3) is 0.545. The lowest BCUT2D eigenvalue weighted by molar-refractivity contribution is -0.165. The Kier molecular flexibility index (Phi) is 7.87. The van der Waals surface area contributed by atoms with Crippen molar-refractivity contribution in [2.24, 2.45) is 17.1 Å². The van der Waals surface area contributed by atoms with Crippen molar-refractivity contribution in [3.63, 3.8) is 0 Å². The van der Waals surface area contributed by atoms with Crippen LogP contribution in [0.15, 0.2) is 18.5 Å². The van der Waals surface area contributed by atoms with Gasteiger partial charge in [0.25, 0.3) is 0 Å². The van der Waals surface area contributed by atoms with Crippen molar-refractivity contribution in [1.82, 2.24) is 14.9 Å². The maximum absolute atomic E-state index is 13.6. The summed E-state index contributed by atoms with van der Waals surface area (Å²) in [5.74, 6) is -1.66. The van der Waals surface area contributed by atoms with Gasteiger partial charge in [0.05, 0.1) is 39.2 Å². The maximum atomic E-state index is 13.6. The molecule has 3 rings (SSSR count). The largest absolute Gasteiger partial charge is 0.433 e. The number of halogens is 2. The maximum Gasteiger partial charge on any atom is 0.310 e. The van der Waals surface area contributed by atoms with Gasteiger partial charge in [-0.25, -0.2) is 4.98 Å². The van der Waals surface area contributed by atoms with Crippen molar-refractivity contribution in [2.45, 2.75) is 58.9 Å². The molecule has 0 radical (unpaired) electrons. The number of aromatic nitrogens is 2. The summed E-state index contributed by atoms with van der Waals surface area (Å²) >= 11 is 12.3. The number of nitrogens with one attached hydrogen (secondary N) is 1. The molecule has 1 aliphatic rings. The van der Waals surface area contributed by atoms with Gasteiger partial charge in [0.1, 0.15) is 6.04 Å². The second-order valence-electron chi connectivity index (χ2n) is 8.49. The number of aryl methyl sites for hydroxylation is 1. The minimum atomic E-state index is -1.12. The summed E-state index contributed by atoms with van der Waals surface area (Å²) in [5.41, 5.74) is 5.86. The molecule has 33 heavy (non-hydrogen) atoms. The number of hydrogen-bond acceptors (Lipinski definition) is 6. The highest BCUT2D eigenvalue weighted by Gasteiger charge is 2.46. The number of amides is 2. The molecule has 2 aromatic rings. The number of benzene rings is 1. The average molecular weight is 499 g/mol. The van der Waals surface area contributed by atoms with Crippen LogP contribution >= 0.6 is 23.2 Å². The minimum Gasteiger partial charge on any atom is -0.433 e. The Bertz CT molecular complexity index is 1060. The third-order valence-corrected chi connectivity index (χ3v) is 6.84. The standard InChI is InChI=1S/C22H28Cl2N4O5/c1-4-32-20-16(9-19(30)33-20)27-21(31)22(12(2)3,10-18(25)29)5-6-28-11-26-15-7-13(23)14(24)8-17(15)28/h7-8,11-12,16,20H,4-6,9-10H2,1-3H3,(H2,25,29)(H,27,31). The van der Waals surface area contributed by atoms with E-state index in [1.807, 2.05) is 18.4 Å². The van der Waals surface area contributed by atoms with Crippen molar-refractivity contribution in [2.75, 3.05) is 6.61 Å². The van der Waals surface area contributed by atoms with E-state index in [-0.39, 0.29) is 24.7 Å². The summed E-state index contributed by atoms with van der Waals surface area (Å²) in [6.45, 7) is 6.19. The van der Waals surface area contributed by atoms with Crippen LogP contribution in [0.4, 0.5) is 0 Å². The van der Waals surface area contributed by atoms with Crippen molar-refractivity contribution in [1.29, 1.82) is 0 Å². The SMILES string of the molecule is CCOC1OC(=O)CC1NC(=O)C(CCn1cnc2cc(Cl)c(Cl)cc21)(CC(N)=O)C(C)C. The average Bonchev–Trinajstić information content (AvgIpc) is 3.27. The van der Waals surface area contributed by atoms with Crippen molar-refractivity contribution >= 4 is 52.0 Å². The number of primary amides is 1. The van der Waals surface area contributed by atoms with E-state index in [2.05, 4.69) is 10.3 Å². The van der Waals surface area contributed by atoms with Gasteiger partial charge in [-0.05, 0) is 31.4 Å². The first-order valence-corrected chi connectivity index (χ1v) is 11.5. The van der Waals surface area contributed by atoms with Crippen LogP contribution in [0.2, 0.25) is 10.0 Å². The van der Waals surface area contributed by atoms with Crippen molar-refractivity contribution < 1.29 is 23.9 Å². The molecule has 0 bridgehead atoms. The molecule has 1 fully saturated rings. The van der Waals surface area contributed by atoms with E-state index < -0.39 is 29.6 Å². The van der Waals surface area contributed by atoms with Gasteiger partial charge in [0.2, 0.25) is 18.1 Å². The number of fused-ring (bicyclic) bond motifs is 1. The molecule has 9 nitrogen and oxygen atoms in total. The summed E-state index contributed by atoms with van der Waals surface area (Å²) in [6, 6.07) is 2.74. The lowest BCUT2D eigenvalue weighted by Gasteiger charge is -2.36. The van der Waals surface area contributed by atoms with Gasteiger partial charge < -0.3 is 25.1 Å². The molecule has 0 spiro atoms. The third kappa shape index (κ3) is 5.42. The number of nitrogens with zero attached hydrogens (tertiary/aromatic N) is 2. The van der Waals surface area contributed by atoms with E-state index in [1.54, 1.807) is 25.4 Å². The molecule has 3 unspecified atom stereocenters. The number of hydrogen-bond donors (Lipinski definition) is 2. The summed E-state index contributed by atoms with van der Waals surface area (Å²) in [7, 11) is 0. The monoisotopic (exact) mass is 498 g/mol. The van der Waals surface area contributed by atoms with Gasteiger partial charge in [-0.1, -0.05) is 37.0 Å². The van der Waals surface area contributed by atoms with E-state index in [9.17, 15) is 14.4 Å². The molecular formula is C22H28Cl2N4O5. The van der Waals surface area contributed by atoms with Crippen LogP contribution in [0.25, 0.3) is 11.0 Å². The van der Waals surface area contributed by atoms with Gasteiger partial charge in [-0.3, -0.25) is 14.4 Å². The predicted octanol–water partition coefficient (Wildman–Crippen LogP) is 3.05. The molecular weight excluding hydrogens is 471 g/mol. The minimum absolute atomic E-state index is 0.00737. The highest BCUT2D eigenvalue weighted by atomic mass is 35.5. The van der Waals surface area contributed by atoms with E-state index >= 15 is 0 Å². The van der Waals surface area contributed by atoms with Gasteiger partial charge in [0, 0.05) is 19.6 Å². The lowest BCUT2D eigenvalue weighted by Crippen LogP contribution is -2.52. The van der Waals surface area contributed by atoms with E-state index in [1.165, 1.54) is 0 Å². The molecule has 2 amide bonds. The van der Waals surface area contributed by atoms with E-state index in [4.69, 9.17) is 38.4 Å². The predicted molar refractivity (Wildman–Crippen MR) is 124 cm³/mol. The number of imidazole rings is 1. The Hall–Kier alpha value is -2.36. The summed E-state index contributed by atoms with van der Waals surface area (Å²) in [4.78, 5) is 41.7. The molecule has 3 atom stereocenters. The summed E-state index contributed by atoms with van der Waals surface area (Å²) in [5, 5.41) is 3.67. The van der Waals surface area contributed by atoms with Crippen LogP contribution in [0.1, 0.15) is 40.0 Å². The van der Waals surface area contributed by atoms with Crippen LogP contribution in [0.3, 0.4) is 0 Å². The molecule has 0 saturated carbocycles. The molecule has 1 aromatic carbocycles. The molecule has 2 heterocycles. The molecule has 1 aromatic heterocycles. The number of esters is 1. The van der Waals surface area contributed by atoms with E-state index in [0.29, 0.717) is 35.1 Å². The van der Waals surface area contributed by atoms with Crippen LogP contribution in [-0.2, 0) is 30.4 Å². The van der Waals surface area contributed by atoms with Crippen LogP contribution in [0, 0.1) is 11.3 Å². The van der Waals surface area contributed by atoms with Crippen molar-refractivity contribution in [3.05, 3.63) is 28.5 Å². The molecule has 3 N–H and O–H groups in total. The van der Waals surface area contributed by atoms with Gasteiger partial charge >= 0.3 is 5.97 Å². The third-order valence-electron chi connectivity index (χ3n) is 6.12. The number of rotatable bonds is 10. The molecule has 1 saturated heterocycles. The van der Waals surface area contributed by atoms with E-state index in [0.717, 1.165) is 5.52 Å². The number of cyclic esters (lactones) is 1. The molecule has 11 heteroatoms. The Morgan fingerprint density at radius 2 is 2.06 bits per heavy atom. The van der Waals surface area contributed by atoms with Crippen molar-refractivity contribution in [3.8, 4) is 0 Å². The first kappa shape index (κ1) is 25.3. The second kappa shape index (κ2) is 10.3. The fourth-order valence-corrected chi connectivity index (χ4v) is 4.50. The first-order chi connectivity index (χ1) is 15.6. The van der Waals surface area contributed by atoms with Crippen LogP contribution < -0.4 is 11.1 Å². The van der Waals surface area contributed by atoms with Gasteiger partial charge in [-0.15, -0.1) is 0 Å². The molecule has 180 valence electrons. The zero-order valence-electron chi connectivity index (χ0n) is 18.8. The normalized spacial score (nSPS) is 20.1. The zero-order valence-corrected chi connectivity index (χ0v) is 20.3. The topological polar surface area (TPSA) is 126 Å². The Morgan fingerprint density at radius 3 is 2.70 bits per heavy atom. The van der Waals surface area contributed by atoms with Crippen LogP contribution in [0.5, 0.6) is 0 Å². The Labute approximate surface area is 201 Å². The number of ether oxygens (including phenoxy) is 2. The summed E-state index contributed by atoms with van der Waals surface area (Å²) in [6.07, 6.45) is 0.906. The Balaban J connectivity index is 1.87. The highest BCUT2D eigenvalue weighted by molar-refractivity contribution is 6.42. The quantitative estimate of drug-likeness (QED) is 0.484. The summed E-state index contributed by atoms with van der Waals surface area (Å²) < 4.78 is 12.5. The molecule has 0 aliphatic carbocycles. The molecule has 1 aliphatic heterocycles. The zero-order chi connectivity index (χ0) is 24.3. The lowest BCUT2D eigenvalue weighted by atomic mass is 9.70. The number of carbonyl (C=O) groups excluding carboxylic acids is 3. The second-order valence-corrected chi connectivity index (χ2v) is 9.31. The smallest absolute Gasteiger partial charge is 0.310 e. The number of nitrogens with two attached hydrogens (primary N) is 1. The van der Waals surface area contributed by atoms with Gasteiger partial charge in [0.15, 0.2) is 0 Å². The van der Waals surface area contributed by atoms with Crippen LogP contribution in [-0.4, -0.2) is 46.3 Å². The highest BCUT2D eigenvalue weighted by Crippen LogP contribution is 2.38. The van der Waals surface area contributed by atoms with Gasteiger partial charge in [-0.2, -0.15) is 0 Å². The number of carbonyl (C=O) groups is 3. The fourth-order valence-electron chi connectivity index (χ4n) is 4.18.